The van der Waals surface area contributed by atoms with Crippen LogP contribution in [0.4, 0.5) is 0 Å². The van der Waals surface area contributed by atoms with E-state index in [1.165, 1.54) is 11.4 Å². The summed E-state index contributed by atoms with van der Waals surface area (Å²) in [5.41, 5.74) is 0. The van der Waals surface area contributed by atoms with Crippen LogP contribution < -0.4 is 4.72 Å². The Morgan fingerprint density at radius 1 is 1.30 bits per heavy atom. The Morgan fingerprint density at radius 2 is 1.85 bits per heavy atom. The first kappa shape index (κ1) is 17.4. The lowest BCUT2D eigenvalue weighted by molar-refractivity contribution is -0.139. The molecule has 0 radical (unpaired) electrons. The van der Waals surface area contributed by atoms with Gasteiger partial charge in [0.05, 0.1) is 0 Å². The third kappa shape index (κ3) is 5.03. The minimum atomic E-state index is -3.75. The number of nitrogens with one attached hydrogen (secondary N) is 1. The van der Waals surface area contributed by atoms with Crippen LogP contribution in [0.5, 0.6) is 0 Å². The molecule has 20 heavy (non-hydrogen) atoms. The highest BCUT2D eigenvalue weighted by Crippen LogP contribution is 2.23. The quantitative estimate of drug-likeness (QED) is 0.747. The van der Waals surface area contributed by atoms with Crippen LogP contribution in [0.2, 0.25) is 0 Å². The summed E-state index contributed by atoms with van der Waals surface area (Å²) in [7, 11) is -2.21. The molecule has 1 saturated carbocycles. The number of hydrogen-bond acceptors (Lipinski definition) is 3. The van der Waals surface area contributed by atoms with Gasteiger partial charge in [-0.3, -0.25) is 4.79 Å². The Morgan fingerprint density at radius 3 is 2.30 bits per heavy atom. The number of carboxylic acids is 1. The Balaban J connectivity index is 2.72. The van der Waals surface area contributed by atoms with Crippen LogP contribution in [0.3, 0.4) is 0 Å². The molecule has 0 aromatic heterocycles. The van der Waals surface area contributed by atoms with Gasteiger partial charge in [-0.1, -0.05) is 33.1 Å². The van der Waals surface area contributed by atoms with Crippen LogP contribution in [-0.2, 0) is 15.0 Å². The summed E-state index contributed by atoms with van der Waals surface area (Å²) in [6.07, 6.45) is 5.17. The predicted octanol–water partition coefficient (Wildman–Crippen LogP) is 1.58. The lowest BCUT2D eigenvalue weighted by atomic mass is 9.96. The topological polar surface area (TPSA) is 86.7 Å². The second kappa shape index (κ2) is 7.38. The molecule has 2 N–H and O–H groups in total. The van der Waals surface area contributed by atoms with E-state index in [1.807, 2.05) is 13.8 Å². The van der Waals surface area contributed by atoms with Crippen molar-refractivity contribution in [3.8, 4) is 0 Å². The molecule has 0 spiro atoms. The summed E-state index contributed by atoms with van der Waals surface area (Å²) in [6.45, 7) is 3.74. The molecular formula is C13H26N2O4S. The van der Waals surface area contributed by atoms with E-state index in [4.69, 9.17) is 5.11 Å². The molecule has 0 aromatic carbocycles. The molecule has 118 valence electrons. The van der Waals surface area contributed by atoms with E-state index in [0.717, 1.165) is 32.1 Å². The Kier molecular flexibility index (Phi) is 6.42. The summed E-state index contributed by atoms with van der Waals surface area (Å²) < 4.78 is 28.2. The van der Waals surface area contributed by atoms with Gasteiger partial charge in [0.1, 0.15) is 6.04 Å². The van der Waals surface area contributed by atoms with Gasteiger partial charge in [-0.25, -0.2) is 0 Å². The minimum absolute atomic E-state index is 0.0188. The number of carbonyl (C=O) groups is 1. The Hall–Kier alpha value is -0.660. The maximum Gasteiger partial charge on any atom is 0.321 e. The summed E-state index contributed by atoms with van der Waals surface area (Å²) in [5.74, 6) is -1.02. The summed E-state index contributed by atoms with van der Waals surface area (Å²) in [6, 6.07) is -1.08. The van der Waals surface area contributed by atoms with E-state index in [2.05, 4.69) is 4.72 Å². The van der Waals surface area contributed by atoms with Crippen molar-refractivity contribution >= 4 is 16.2 Å². The zero-order valence-corrected chi connectivity index (χ0v) is 13.3. The number of hydrogen-bond donors (Lipinski definition) is 2. The van der Waals surface area contributed by atoms with Crippen LogP contribution >= 0.6 is 0 Å². The summed E-state index contributed by atoms with van der Waals surface area (Å²) in [5, 5.41) is 9.13. The van der Waals surface area contributed by atoms with Crippen molar-refractivity contribution in [1.29, 1.82) is 0 Å². The van der Waals surface area contributed by atoms with E-state index in [0.29, 0.717) is 0 Å². The smallest absolute Gasteiger partial charge is 0.321 e. The van der Waals surface area contributed by atoms with E-state index in [1.54, 1.807) is 0 Å². The zero-order valence-electron chi connectivity index (χ0n) is 12.5. The van der Waals surface area contributed by atoms with Gasteiger partial charge >= 0.3 is 5.97 Å². The highest BCUT2D eigenvalue weighted by atomic mass is 32.2. The molecule has 0 aromatic rings. The summed E-state index contributed by atoms with van der Waals surface area (Å²) in [4.78, 5) is 11.2. The fourth-order valence-corrected chi connectivity index (χ4v) is 3.90. The fourth-order valence-electron chi connectivity index (χ4n) is 2.57. The maximum atomic E-state index is 12.3. The maximum absolute atomic E-state index is 12.3. The molecule has 1 rings (SSSR count). The monoisotopic (exact) mass is 306 g/mol. The van der Waals surface area contributed by atoms with Crippen molar-refractivity contribution in [2.45, 2.75) is 64.5 Å². The molecule has 6 nitrogen and oxygen atoms in total. The van der Waals surface area contributed by atoms with Crippen molar-refractivity contribution in [2.24, 2.45) is 5.92 Å². The highest BCUT2D eigenvalue weighted by Gasteiger charge is 2.31. The first-order chi connectivity index (χ1) is 9.24. The standard InChI is InChI=1S/C13H26N2O4S/c1-10(2)9-12(13(16)17)14-20(18,19)15(3)11-7-5-4-6-8-11/h10-12,14H,4-9H2,1-3H3,(H,16,17). The summed E-state index contributed by atoms with van der Waals surface area (Å²) >= 11 is 0. The van der Waals surface area contributed by atoms with Gasteiger partial charge in [-0.2, -0.15) is 17.4 Å². The molecule has 1 unspecified atom stereocenters. The van der Waals surface area contributed by atoms with Crippen LogP contribution in [0.15, 0.2) is 0 Å². The zero-order chi connectivity index (χ0) is 15.3. The largest absolute Gasteiger partial charge is 0.480 e. The number of carboxylic acid groups (broad SMARTS) is 1. The molecule has 0 bridgehead atoms. The van der Waals surface area contributed by atoms with Crippen LogP contribution in [0.1, 0.15) is 52.4 Å². The third-order valence-corrected chi connectivity index (χ3v) is 5.40. The molecule has 1 atom stereocenters. The lowest BCUT2D eigenvalue weighted by Gasteiger charge is -2.31. The average Bonchev–Trinajstić information content (AvgIpc) is 2.37. The number of rotatable bonds is 7. The van der Waals surface area contributed by atoms with E-state index >= 15 is 0 Å². The lowest BCUT2D eigenvalue weighted by Crippen LogP contribution is -2.50. The van der Waals surface area contributed by atoms with Crippen molar-refractivity contribution in [3.63, 3.8) is 0 Å². The van der Waals surface area contributed by atoms with Crippen molar-refractivity contribution in [1.82, 2.24) is 9.03 Å². The average molecular weight is 306 g/mol. The van der Waals surface area contributed by atoms with Gasteiger partial charge in [0.25, 0.3) is 10.2 Å². The highest BCUT2D eigenvalue weighted by molar-refractivity contribution is 7.87. The van der Waals surface area contributed by atoms with E-state index in [-0.39, 0.29) is 18.4 Å². The molecular weight excluding hydrogens is 280 g/mol. The SMILES string of the molecule is CC(C)CC(NS(=O)(=O)N(C)C1CCCCC1)C(=O)O. The second-order valence-electron chi connectivity index (χ2n) is 5.95. The second-order valence-corrected chi connectivity index (χ2v) is 7.71. The van der Waals surface area contributed by atoms with E-state index in [9.17, 15) is 13.2 Å². The first-order valence-corrected chi connectivity index (χ1v) is 8.66. The molecule has 1 aliphatic carbocycles. The van der Waals surface area contributed by atoms with E-state index < -0.39 is 22.2 Å². The van der Waals surface area contributed by atoms with Gasteiger partial charge in [0.2, 0.25) is 0 Å². The van der Waals surface area contributed by atoms with Gasteiger partial charge in [-0.05, 0) is 25.2 Å². The van der Waals surface area contributed by atoms with Gasteiger partial charge < -0.3 is 5.11 Å². The van der Waals surface area contributed by atoms with Gasteiger partial charge in [-0.15, -0.1) is 0 Å². The number of nitrogens with zero attached hydrogens (tertiary/aromatic N) is 1. The Bertz CT molecular complexity index is 416. The minimum Gasteiger partial charge on any atom is -0.480 e. The van der Waals surface area contributed by atoms with Crippen molar-refractivity contribution in [3.05, 3.63) is 0 Å². The van der Waals surface area contributed by atoms with Gasteiger partial charge in [0, 0.05) is 13.1 Å². The van der Waals surface area contributed by atoms with Crippen LogP contribution in [0.25, 0.3) is 0 Å². The third-order valence-electron chi connectivity index (χ3n) is 3.76. The molecule has 1 aliphatic rings. The van der Waals surface area contributed by atoms with Crippen molar-refractivity contribution < 1.29 is 18.3 Å². The predicted molar refractivity (Wildman–Crippen MR) is 77.6 cm³/mol. The molecule has 0 saturated heterocycles. The van der Waals surface area contributed by atoms with Gasteiger partial charge in [0.15, 0.2) is 0 Å². The molecule has 1 fully saturated rings. The molecule has 0 heterocycles. The normalized spacial score (nSPS) is 19.4. The fraction of sp³-hybridized carbons (Fsp3) is 0.923. The van der Waals surface area contributed by atoms with Crippen LogP contribution in [-0.4, -0.2) is 42.9 Å². The van der Waals surface area contributed by atoms with Crippen LogP contribution in [0, 0.1) is 5.92 Å². The molecule has 7 heteroatoms. The Labute approximate surface area is 121 Å². The first-order valence-electron chi connectivity index (χ1n) is 7.22. The molecule has 0 aliphatic heterocycles. The number of aliphatic carboxylic acids is 1. The molecule has 0 amide bonds. The van der Waals surface area contributed by atoms with Crippen molar-refractivity contribution in [2.75, 3.05) is 7.05 Å².